The molecule has 0 aromatic carbocycles. The Labute approximate surface area is 100 Å². The van der Waals surface area contributed by atoms with Gasteiger partial charge in [-0.1, -0.05) is 0 Å². The van der Waals surface area contributed by atoms with Gasteiger partial charge in [0, 0.05) is 25.8 Å². The van der Waals surface area contributed by atoms with Crippen LogP contribution in [0.15, 0.2) is 24.5 Å². The molecule has 1 atom stereocenters. The van der Waals surface area contributed by atoms with Gasteiger partial charge in [0.25, 0.3) is 0 Å². The molecule has 1 saturated heterocycles. The van der Waals surface area contributed by atoms with Gasteiger partial charge in [-0.25, -0.2) is 4.98 Å². The third-order valence-electron chi connectivity index (χ3n) is 3.32. The largest absolute Gasteiger partial charge is 0.494 e. The van der Waals surface area contributed by atoms with E-state index in [1.165, 1.54) is 0 Å². The third kappa shape index (κ3) is 1.89. The van der Waals surface area contributed by atoms with Gasteiger partial charge in [0.2, 0.25) is 0 Å². The highest BCUT2D eigenvalue weighted by molar-refractivity contribution is 5.59. The van der Waals surface area contributed by atoms with E-state index in [1.807, 2.05) is 24.5 Å². The molecule has 1 aliphatic heterocycles. The monoisotopic (exact) mass is 232 g/mol. The van der Waals surface area contributed by atoms with Crippen molar-refractivity contribution in [1.82, 2.24) is 9.38 Å². The Morgan fingerprint density at radius 1 is 1.59 bits per heavy atom. The van der Waals surface area contributed by atoms with E-state index in [-0.39, 0.29) is 0 Å². The fourth-order valence-corrected chi connectivity index (χ4v) is 2.38. The zero-order chi connectivity index (χ0) is 11.7. The molecule has 0 aliphatic carbocycles. The maximum atomic E-state index is 5.40. The third-order valence-corrected chi connectivity index (χ3v) is 3.32. The van der Waals surface area contributed by atoms with Crippen LogP contribution in [-0.2, 0) is 11.2 Å². The SMILES string of the molecule is COc1cccn2c(CC3CCOC3)ncc12. The van der Waals surface area contributed by atoms with Crippen LogP contribution >= 0.6 is 0 Å². The van der Waals surface area contributed by atoms with Crippen molar-refractivity contribution < 1.29 is 9.47 Å². The molecule has 1 aliphatic rings. The average Bonchev–Trinajstić information content (AvgIpc) is 2.99. The minimum atomic E-state index is 0.604. The number of ether oxygens (including phenoxy) is 2. The lowest BCUT2D eigenvalue weighted by molar-refractivity contribution is 0.185. The van der Waals surface area contributed by atoms with Crippen LogP contribution in [0.2, 0.25) is 0 Å². The Morgan fingerprint density at radius 3 is 3.29 bits per heavy atom. The van der Waals surface area contributed by atoms with Crippen molar-refractivity contribution in [1.29, 1.82) is 0 Å². The maximum absolute atomic E-state index is 5.40. The summed E-state index contributed by atoms with van der Waals surface area (Å²) in [6, 6.07) is 3.95. The Hall–Kier alpha value is -1.55. The smallest absolute Gasteiger partial charge is 0.144 e. The lowest BCUT2D eigenvalue weighted by Gasteiger charge is -2.07. The first-order valence-electron chi connectivity index (χ1n) is 5.95. The van der Waals surface area contributed by atoms with Crippen LogP contribution in [0.5, 0.6) is 5.75 Å². The molecule has 1 unspecified atom stereocenters. The summed E-state index contributed by atoms with van der Waals surface area (Å²) < 4.78 is 12.8. The van der Waals surface area contributed by atoms with Crippen LogP contribution in [-0.4, -0.2) is 29.7 Å². The number of fused-ring (bicyclic) bond motifs is 1. The molecule has 2 aromatic rings. The van der Waals surface area contributed by atoms with Crippen LogP contribution in [0.4, 0.5) is 0 Å². The van der Waals surface area contributed by atoms with Crippen LogP contribution in [0.3, 0.4) is 0 Å². The van der Waals surface area contributed by atoms with Gasteiger partial charge in [-0.15, -0.1) is 0 Å². The molecule has 90 valence electrons. The number of methoxy groups -OCH3 is 1. The van der Waals surface area contributed by atoms with E-state index in [9.17, 15) is 0 Å². The van der Waals surface area contributed by atoms with Crippen molar-refractivity contribution in [3.8, 4) is 5.75 Å². The lowest BCUT2D eigenvalue weighted by atomic mass is 10.1. The zero-order valence-corrected chi connectivity index (χ0v) is 9.93. The predicted molar refractivity (Wildman–Crippen MR) is 64.4 cm³/mol. The summed E-state index contributed by atoms with van der Waals surface area (Å²) in [6.07, 6.45) is 6.03. The second-order valence-corrected chi connectivity index (χ2v) is 4.44. The quantitative estimate of drug-likeness (QED) is 0.811. The molecule has 0 bridgehead atoms. The number of nitrogens with zero attached hydrogens (tertiary/aromatic N) is 2. The van der Waals surface area contributed by atoms with Gasteiger partial charge in [-0.2, -0.15) is 0 Å². The molecule has 3 rings (SSSR count). The first kappa shape index (κ1) is 10.6. The molecule has 17 heavy (non-hydrogen) atoms. The van der Waals surface area contributed by atoms with Crippen LogP contribution in [0.25, 0.3) is 5.52 Å². The van der Waals surface area contributed by atoms with Gasteiger partial charge in [0.05, 0.1) is 13.3 Å². The van der Waals surface area contributed by atoms with E-state index in [0.717, 1.165) is 43.1 Å². The highest BCUT2D eigenvalue weighted by Gasteiger charge is 2.18. The van der Waals surface area contributed by atoms with Crippen molar-refractivity contribution in [3.63, 3.8) is 0 Å². The number of hydrogen-bond acceptors (Lipinski definition) is 3. The normalized spacial score (nSPS) is 19.9. The zero-order valence-electron chi connectivity index (χ0n) is 9.93. The maximum Gasteiger partial charge on any atom is 0.144 e. The molecule has 1 fully saturated rings. The van der Waals surface area contributed by atoms with Gasteiger partial charge in [0.15, 0.2) is 0 Å². The average molecular weight is 232 g/mol. The van der Waals surface area contributed by atoms with Gasteiger partial charge in [-0.3, -0.25) is 0 Å². The number of hydrogen-bond donors (Lipinski definition) is 0. The molecule has 0 N–H and O–H groups in total. The van der Waals surface area contributed by atoms with Crippen molar-refractivity contribution in [2.75, 3.05) is 20.3 Å². The van der Waals surface area contributed by atoms with Crippen molar-refractivity contribution in [2.24, 2.45) is 5.92 Å². The highest BCUT2D eigenvalue weighted by Crippen LogP contribution is 2.23. The lowest BCUT2D eigenvalue weighted by Crippen LogP contribution is -2.07. The Balaban J connectivity index is 1.94. The number of pyridine rings is 1. The van der Waals surface area contributed by atoms with E-state index < -0.39 is 0 Å². The van der Waals surface area contributed by atoms with Gasteiger partial charge < -0.3 is 13.9 Å². The molecule has 2 aromatic heterocycles. The molecule has 0 saturated carbocycles. The molecule has 0 amide bonds. The molecule has 0 spiro atoms. The Morgan fingerprint density at radius 2 is 2.53 bits per heavy atom. The Kier molecular flexibility index (Phi) is 2.73. The number of aromatic nitrogens is 2. The number of imidazole rings is 1. The van der Waals surface area contributed by atoms with Gasteiger partial charge in [0.1, 0.15) is 17.1 Å². The molecule has 0 radical (unpaired) electrons. The van der Waals surface area contributed by atoms with Crippen LogP contribution < -0.4 is 4.74 Å². The fourth-order valence-electron chi connectivity index (χ4n) is 2.38. The van der Waals surface area contributed by atoms with E-state index >= 15 is 0 Å². The topological polar surface area (TPSA) is 35.8 Å². The van der Waals surface area contributed by atoms with E-state index in [2.05, 4.69) is 9.38 Å². The molecular formula is C13H16N2O2. The standard InChI is InChI=1S/C13H16N2O2/c1-16-12-3-2-5-15-11(12)8-14-13(15)7-10-4-6-17-9-10/h2-3,5,8,10H,4,6-7,9H2,1H3. The minimum Gasteiger partial charge on any atom is -0.494 e. The van der Waals surface area contributed by atoms with Crippen molar-refractivity contribution >= 4 is 5.52 Å². The highest BCUT2D eigenvalue weighted by atomic mass is 16.5. The fraction of sp³-hybridized carbons (Fsp3) is 0.462. The number of rotatable bonds is 3. The van der Waals surface area contributed by atoms with Gasteiger partial charge >= 0.3 is 0 Å². The summed E-state index contributed by atoms with van der Waals surface area (Å²) in [5.74, 6) is 2.56. The predicted octanol–water partition coefficient (Wildman–Crippen LogP) is 1.92. The molecule has 4 nitrogen and oxygen atoms in total. The Bertz CT molecular complexity index is 515. The van der Waals surface area contributed by atoms with Crippen LogP contribution in [0.1, 0.15) is 12.2 Å². The first-order chi connectivity index (χ1) is 8.38. The molecule has 3 heterocycles. The first-order valence-corrected chi connectivity index (χ1v) is 5.95. The minimum absolute atomic E-state index is 0.604. The van der Waals surface area contributed by atoms with Crippen LogP contribution in [0, 0.1) is 5.92 Å². The summed E-state index contributed by atoms with van der Waals surface area (Å²) in [7, 11) is 1.69. The van der Waals surface area contributed by atoms with Gasteiger partial charge in [-0.05, 0) is 24.5 Å². The van der Waals surface area contributed by atoms with E-state index in [1.54, 1.807) is 7.11 Å². The summed E-state index contributed by atoms with van der Waals surface area (Å²) >= 11 is 0. The molecular weight excluding hydrogens is 216 g/mol. The summed E-state index contributed by atoms with van der Waals surface area (Å²) in [5, 5.41) is 0. The molecule has 4 heteroatoms. The second kappa shape index (κ2) is 4.37. The van der Waals surface area contributed by atoms with Crippen molar-refractivity contribution in [3.05, 3.63) is 30.4 Å². The van der Waals surface area contributed by atoms with Crippen molar-refractivity contribution in [2.45, 2.75) is 12.8 Å². The van der Waals surface area contributed by atoms with E-state index in [4.69, 9.17) is 9.47 Å². The summed E-state index contributed by atoms with van der Waals surface area (Å²) in [6.45, 7) is 1.75. The second-order valence-electron chi connectivity index (χ2n) is 4.44. The summed E-state index contributed by atoms with van der Waals surface area (Å²) in [5.41, 5.74) is 1.03. The van der Waals surface area contributed by atoms with E-state index in [0.29, 0.717) is 5.92 Å². The summed E-state index contributed by atoms with van der Waals surface area (Å²) in [4.78, 5) is 4.49.